The highest BCUT2D eigenvalue weighted by atomic mass is 32.2. The van der Waals surface area contributed by atoms with Crippen LogP contribution in [-0.4, -0.2) is 34.6 Å². The summed E-state index contributed by atoms with van der Waals surface area (Å²) in [4.78, 5) is 11.9. The Kier molecular flexibility index (Phi) is 6.75. The number of amides is 1. The maximum Gasteiger partial charge on any atom is 0.245 e. The first-order chi connectivity index (χ1) is 12.8. The minimum absolute atomic E-state index is 0.0227. The zero-order valence-corrected chi connectivity index (χ0v) is 16.0. The smallest absolute Gasteiger partial charge is 0.245 e. The van der Waals surface area contributed by atoms with E-state index in [2.05, 4.69) is 10.0 Å². The summed E-state index contributed by atoms with van der Waals surface area (Å²) in [5.41, 5.74) is 0.746. The summed E-state index contributed by atoms with van der Waals surface area (Å²) in [6.07, 6.45) is 0. The van der Waals surface area contributed by atoms with Crippen molar-refractivity contribution in [2.45, 2.75) is 24.4 Å². The molecule has 1 atom stereocenters. The van der Waals surface area contributed by atoms with E-state index in [1.54, 1.807) is 24.3 Å². The van der Waals surface area contributed by atoms with Crippen molar-refractivity contribution in [3.63, 3.8) is 0 Å². The molecule has 0 saturated heterocycles. The molecule has 1 unspecified atom stereocenters. The highest BCUT2D eigenvalue weighted by Gasteiger charge is 2.25. The van der Waals surface area contributed by atoms with Crippen LogP contribution < -0.4 is 19.5 Å². The first-order valence-corrected chi connectivity index (χ1v) is 9.52. The lowest BCUT2D eigenvalue weighted by Crippen LogP contribution is -2.44. The lowest BCUT2D eigenvalue weighted by molar-refractivity contribution is -0.122. The monoisotopic (exact) mass is 396 g/mol. The molecule has 7 nitrogen and oxygen atoms in total. The second-order valence-corrected chi connectivity index (χ2v) is 7.35. The fraction of sp³-hybridized carbons (Fsp3) is 0.278. The number of rotatable bonds is 8. The van der Waals surface area contributed by atoms with Gasteiger partial charge in [-0.05, 0) is 31.2 Å². The standard InChI is InChI=1S/C18H21FN2O5S/c1-12(18(22)20-11-13-6-4-5-7-15(13)25-2)21-27(23,24)17-10-14(19)8-9-16(17)26-3/h4-10,12,21H,11H2,1-3H3,(H,20,22). The molecule has 0 heterocycles. The van der Waals surface area contributed by atoms with Gasteiger partial charge in [-0.25, -0.2) is 12.8 Å². The van der Waals surface area contributed by atoms with Gasteiger partial charge in [-0.1, -0.05) is 18.2 Å². The van der Waals surface area contributed by atoms with Gasteiger partial charge in [0.15, 0.2) is 0 Å². The van der Waals surface area contributed by atoms with Crippen molar-refractivity contribution in [1.29, 1.82) is 0 Å². The quantitative estimate of drug-likeness (QED) is 0.710. The minimum Gasteiger partial charge on any atom is -0.496 e. The van der Waals surface area contributed by atoms with Crippen LogP contribution in [-0.2, 0) is 21.4 Å². The van der Waals surface area contributed by atoms with E-state index in [-0.39, 0.29) is 17.2 Å². The van der Waals surface area contributed by atoms with Gasteiger partial charge in [-0.3, -0.25) is 4.79 Å². The summed E-state index contributed by atoms with van der Waals surface area (Å²) in [5, 5.41) is 2.64. The number of para-hydroxylation sites is 1. The molecule has 1 amide bonds. The molecule has 0 aromatic heterocycles. The molecule has 9 heteroatoms. The van der Waals surface area contributed by atoms with E-state index < -0.39 is 27.8 Å². The van der Waals surface area contributed by atoms with Crippen molar-refractivity contribution in [1.82, 2.24) is 10.0 Å². The molecule has 0 bridgehead atoms. The fourth-order valence-electron chi connectivity index (χ4n) is 2.39. The molecule has 0 saturated carbocycles. The van der Waals surface area contributed by atoms with Crippen LogP contribution in [0.25, 0.3) is 0 Å². The van der Waals surface area contributed by atoms with E-state index >= 15 is 0 Å². The molecule has 27 heavy (non-hydrogen) atoms. The number of methoxy groups -OCH3 is 2. The third-order valence-electron chi connectivity index (χ3n) is 3.79. The highest BCUT2D eigenvalue weighted by Crippen LogP contribution is 2.24. The van der Waals surface area contributed by atoms with Gasteiger partial charge < -0.3 is 14.8 Å². The zero-order chi connectivity index (χ0) is 20.0. The van der Waals surface area contributed by atoms with Crippen molar-refractivity contribution in [3.8, 4) is 11.5 Å². The molecule has 0 aliphatic rings. The second kappa shape index (κ2) is 8.83. The molecule has 2 aromatic rings. The molecule has 0 radical (unpaired) electrons. The van der Waals surface area contributed by atoms with Crippen LogP contribution in [0.5, 0.6) is 11.5 Å². The number of halogens is 1. The largest absolute Gasteiger partial charge is 0.496 e. The van der Waals surface area contributed by atoms with Gasteiger partial charge in [0.2, 0.25) is 15.9 Å². The third-order valence-corrected chi connectivity index (χ3v) is 5.35. The van der Waals surface area contributed by atoms with E-state index in [1.165, 1.54) is 27.2 Å². The third kappa shape index (κ3) is 5.18. The molecule has 146 valence electrons. The van der Waals surface area contributed by atoms with E-state index in [0.29, 0.717) is 5.75 Å². The van der Waals surface area contributed by atoms with E-state index in [0.717, 1.165) is 17.7 Å². The Balaban J connectivity index is 2.08. The lowest BCUT2D eigenvalue weighted by Gasteiger charge is -2.16. The predicted octanol–water partition coefficient (Wildman–Crippen LogP) is 1.83. The van der Waals surface area contributed by atoms with Gasteiger partial charge in [-0.15, -0.1) is 0 Å². The molecule has 2 N–H and O–H groups in total. The first-order valence-electron chi connectivity index (χ1n) is 8.04. The van der Waals surface area contributed by atoms with E-state index in [9.17, 15) is 17.6 Å². The van der Waals surface area contributed by atoms with Gasteiger partial charge in [0, 0.05) is 12.1 Å². The molecule has 0 fully saturated rings. The Morgan fingerprint density at radius 3 is 2.44 bits per heavy atom. The number of carbonyl (C=O) groups excluding carboxylic acids is 1. The molecular formula is C18H21FN2O5S. The fourth-order valence-corrected chi connectivity index (χ4v) is 3.78. The number of ether oxygens (including phenoxy) is 2. The summed E-state index contributed by atoms with van der Waals surface area (Å²) < 4.78 is 50.8. The Bertz CT molecular complexity index is 918. The summed E-state index contributed by atoms with van der Waals surface area (Å²) >= 11 is 0. The van der Waals surface area contributed by atoms with E-state index in [1.807, 2.05) is 0 Å². The maximum absolute atomic E-state index is 13.5. The number of nitrogens with one attached hydrogen (secondary N) is 2. The van der Waals surface area contributed by atoms with Crippen LogP contribution in [0.2, 0.25) is 0 Å². The average molecular weight is 396 g/mol. The van der Waals surface area contributed by atoms with Crippen LogP contribution in [0.4, 0.5) is 4.39 Å². The van der Waals surface area contributed by atoms with E-state index in [4.69, 9.17) is 9.47 Å². The number of hydrogen-bond acceptors (Lipinski definition) is 5. The van der Waals surface area contributed by atoms with Gasteiger partial charge in [-0.2, -0.15) is 4.72 Å². The normalized spacial score (nSPS) is 12.3. The summed E-state index contributed by atoms with van der Waals surface area (Å²) in [6, 6.07) is 9.17. The number of carbonyl (C=O) groups is 1. The lowest BCUT2D eigenvalue weighted by atomic mass is 10.2. The van der Waals surface area contributed by atoms with Gasteiger partial charge in [0.25, 0.3) is 0 Å². The van der Waals surface area contributed by atoms with Crippen molar-refractivity contribution in [2.24, 2.45) is 0 Å². The minimum atomic E-state index is -4.17. The summed E-state index contributed by atoms with van der Waals surface area (Å²) in [7, 11) is -1.37. The molecule has 0 aliphatic carbocycles. The summed E-state index contributed by atoms with van der Waals surface area (Å²) in [6.45, 7) is 1.55. The molecule has 0 aliphatic heterocycles. The first kappa shape index (κ1) is 20.7. The Hall–Kier alpha value is -2.65. The number of sulfonamides is 1. The predicted molar refractivity (Wildman–Crippen MR) is 97.6 cm³/mol. The molecule has 2 aromatic carbocycles. The number of hydrogen-bond donors (Lipinski definition) is 2. The van der Waals surface area contributed by atoms with Crippen LogP contribution >= 0.6 is 0 Å². The van der Waals surface area contributed by atoms with Gasteiger partial charge >= 0.3 is 0 Å². The summed E-state index contributed by atoms with van der Waals surface area (Å²) in [5.74, 6) is -0.689. The topological polar surface area (TPSA) is 93.7 Å². The van der Waals surface area contributed by atoms with Crippen LogP contribution in [0, 0.1) is 5.82 Å². The van der Waals surface area contributed by atoms with Crippen molar-refractivity contribution < 1.29 is 27.1 Å². The molecular weight excluding hydrogens is 375 g/mol. The molecule has 0 spiro atoms. The van der Waals surface area contributed by atoms with Crippen molar-refractivity contribution in [2.75, 3.05) is 14.2 Å². The Morgan fingerprint density at radius 1 is 1.11 bits per heavy atom. The van der Waals surface area contributed by atoms with Crippen LogP contribution in [0.3, 0.4) is 0 Å². The highest BCUT2D eigenvalue weighted by molar-refractivity contribution is 7.89. The van der Waals surface area contributed by atoms with Crippen LogP contribution in [0.1, 0.15) is 12.5 Å². The van der Waals surface area contributed by atoms with Gasteiger partial charge in [0.05, 0.1) is 20.3 Å². The van der Waals surface area contributed by atoms with Crippen molar-refractivity contribution >= 4 is 15.9 Å². The average Bonchev–Trinajstić information content (AvgIpc) is 2.65. The number of benzene rings is 2. The SMILES string of the molecule is COc1ccccc1CNC(=O)C(C)NS(=O)(=O)c1cc(F)ccc1OC. The zero-order valence-electron chi connectivity index (χ0n) is 15.2. The Morgan fingerprint density at radius 2 is 1.78 bits per heavy atom. The Labute approximate surface area is 157 Å². The second-order valence-electron chi connectivity index (χ2n) is 5.67. The molecule has 2 rings (SSSR count). The maximum atomic E-state index is 13.5. The van der Waals surface area contributed by atoms with Crippen molar-refractivity contribution in [3.05, 3.63) is 53.8 Å². The van der Waals surface area contributed by atoms with Crippen LogP contribution in [0.15, 0.2) is 47.4 Å². The van der Waals surface area contributed by atoms with Gasteiger partial charge in [0.1, 0.15) is 22.2 Å².